The lowest BCUT2D eigenvalue weighted by Crippen LogP contribution is -2.55. The van der Waals surface area contributed by atoms with E-state index in [1.54, 1.807) is 0 Å². The van der Waals surface area contributed by atoms with Crippen molar-refractivity contribution in [1.82, 2.24) is 16.0 Å². The van der Waals surface area contributed by atoms with Crippen molar-refractivity contribution in [3.63, 3.8) is 0 Å². The van der Waals surface area contributed by atoms with E-state index in [1.165, 1.54) is 6.92 Å². The number of carbonyl (C=O) groups is 5. The molecule has 0 aromatic heterocycles. The Morgan fingerprint density at radius 2 is 1.52 bits per heavy atom. The van der Waals surface area contributed by atoms with E-state index < -0.39 is 66.9 Å². The molecule has 0 aromatic carbocycles. The number of rotatable bonds is 13. The maximum Gasteiger partial charge on any atom is 0.326 e. The van der Waals surface area contributed by atoms with Crippen LogP contribution in [0.25, 0.3) is 0 Å². The normalized spacial score (nSPS) is 15.0. The van der Waals surface area contributed by atoms with Crippen molar-refractivity contribution < 1.29 is 39.3 Å². The van der Waals surface area contributed by atoms with Crippen LogP contribution >= 0.6 is 0 Å². The Hall–Kier alpha value is -2.73. The maximum absolute atomic E-state index is 12.3. The molecule has 8 N–H and O–H groups in total. The largest absolute Gasteiger partial charge is 0.481 e. The Bertz CT molecular complexity index is 608. The van der Waals surface area contributed by atoms with Gasteiger partial charge in [0.25, 0.3) is 0 Å². The summed E-state index contributed by atoms with van der Waals surface area (Å²) in [6, 6.07) is -3.65. The van der Waals surface area contributed by atoms with Crippen molar-refractivity contribution in [1.29, 1.82) is 0 Å². The molecule has 0 aliphatic carbocycles. The van der Waals surface area contributed by atoms with Crippen LogP contribution in [0.5, 0.6) is 0 Å². The Morgan fingerprint density at radius 1 is 0.931 bits per heavy atom. The molecule has 4 atom stereocenters. The number of hydrogen-bond acceptors (Lipinski definition) is 7. The molecule has 0 fully saturated rings. The van der Waals surface area contributed by atoms with Gasteiger partial charge in [0.05, 0.1) is 12.6 Å². The topological polar surface area (TPSA) is 208 Å². The van der Waals surface area contributed by atoms with Crippen molar-refractivity contribution in [3.05, 3.63) is 0 Å². The third-order valence-electron chi connectivity index (χ3n) is 3.87. The molecule has 0 saturated carbocycles. The van der Waals surface area contributed by atoms with Gasteiger partial charge < -0.3 is 37.0 Å². The summed E-state index contributed by atoms with van der Waals surface area (Å²) in [6.07, 6.45) is -1.65. The number of amides is 3. The molecule has 29 heavy (non-hydrogen) atoms. The van der Waals surface area contributed by atoms with Crippen molar-refractivity contribution in [2.45, 2.75) is 64.3 Å². The van der Waals surface area contributed by atoms with E-state index >= 15 is 0 Å². The molecule has 166 valence electrons. The molecule has 3 amide bonds. The molecule has 12 nitrogen and oxygen atoms in total. The smallest absolute Gasteiger partial charge is 0.326 e. The molecular formula is C17H30N4O8. The number of carboxylic acid groups (broad SMARTS) is 2. The number of aliphatic hydroxyl groups excluding tert-OH is 1. The fourth-order valence-electron chi connectivity index (χ4n) is 2.25. The summed E-state index contributed by atoms with van der Waals surface area (Å²) < 4.78 is 0. The zero-order valence-corrected chi connectivity index (χ0v) is 16.7. The first-order valence-corrected chi connectivity index (χ1v) is 9.10. The van der Waals surface area contributed by atoms with Crippen LogP contribution in [0.2, 0.25) is 0 Å². The first-order chi connectivity index (χ1) is 13.3. The standard InChI is InChI=1S/C17H30N4O8/c1-8(2)6-11(21-16(27)14(18)9(3)22)15(26)19-7-12(23)20-10(17(28)29)4-5-13(24)25/h8-11,14,22H,4-7,18H2,1-3H3,(H,19,26)(H,20,23)(H,21,27)(H,24,25)(H,28,29). The average molecular weight is 418 g/mol. The molecule has 0 aliphatic rings. The van der Waals surface area contributed by atoms with Gasteiger partial charge in [-0.25, -0.2) is 4.79 Å². The van der Waals surface area contributed by atoms with Crippen LogP contribution in [0, 0.1) is 5.92 Å². The Labute approximate surface area is 168 Å². The number of nitrogens with two attached hydrogens (primary N) is 1. The van der Waals surface area contributed by atoms with Crippen molar-refractivity contribution in [3.8, 4) is 0 Å². The van der Waals surface area contributed by atoms with Gasteiger partial charge in [0, 0.05) is 6.42 Å². The fraction of sp³-hybridized carbons (Fsp3) is 0.706. The maximum atomic E-state index is 12.3. The predicted molar refractivity (Wildman–Crippen MR) is 100 cm³/mol. The van der Waals surface area contributed by atoms with Gasteiger partial charge in [0.2, 0.25) is 17.7 Å². The predicted octanol–water partition coefficient (Wildman–Crippen LogP) is -2.22. The lowest BCUT2D eigenvalue weighted by molar-refractivity contribution is -0.143. The highest BCUT2D eigenvalue weighted by molar-refractivity contribution is 5.92. The van der Waals surface area contributed by atoms with Gasteiger partial charge in [-0.15, -0.1) is 0 Å². The summed E-state index contributed by atoms with van der Waals surface area (Å²) in [5, 5.41) is 33.8. The van der Waals surface area contributed by atoms with Gasteiger partial charge in [-0.2, -0.15) is 0 Å². The highest BCUT2D eigenvalue weighted by Gasteiger charge is 2.27. The molecular weight excluding hydrogens is 388 g/mol. The van der Waals surface area contributed by atoms with Crippen molar-refractivity contribution in [2.24, 2.45) is 11.7 Å². The molecule has 0 bridgehead atoms. The summed E-state index contributed by atoms with van der Waals surface area (Å²) in [4.78, 5) is 57.9. The Kier molecular flexibility index (Phi) is 11.5. The van der Waals surface area contributed by atoms with Crippen LogP contribution in [0.3, 0.4) is 0 Å². The number of nitrogens with one attached hydrogen (secondary N) is 3. The first-order valence-electron chi connectivity index (χ1n) is 9.10. The van der Waals surface area contributed by atoms with Gasteiger partial charge in [0.1, 0.15) is 18.1 Å². The molecule has 0 spiro atoms. The van der Waals surface area contributed by atoms with E-state index in [2.05, 4.69) is 16.0 Å². The third-order valence-corrected chi connectivity index (χ3v) is 3.87. The minimum Gasteiger partial charge on any atom is -0.481 e. The molecule has 0 heterocycles. The van der Waals surface area contributed by atoms with Crippen LogP contribution < -0.4 is 21.7 Å². The van der Waals surface area contributed by atoms with Gasteiger partial charge in [-0.3, -0.25) is 19.2 Å². The Balaban J connectivity index is 4.83. The molecule has 0 rings (SSSR count). The van der Waals surface area contributed by atoms with Crippen molar-refractivity contribution in [2.75, 3.05) is 6.54 Å². The van der Waals surface area contributed by atoms with Crippen LogP contribution in [-0.2, 0) is 24.0 Å². The van der Waals surface area contributed by atoms with E-state index in [1.807, 2.05) is 13.8 Å². The quantitative estimate of drug-likeness (QED) is 0.172. The first kappa shape index (κ1) is 26.3. The van der Waals surface area contributed by atoms with E-state index in [4.69, 9.17) is 15.9 Å². The van der Waals surface area contributed by atoms with Gasteiger partial charge in [0.15, 0.2) is 0 Å². The summed E-state index contributed by atoms with van der Waals surface area (Å²) in [5.41, 5.74) is 5.54. The molecule has 0 aliphatic heterocycles. The minimum absolute atomic E-state index is 0.00932. The molecule has 0 aromatic rings. The van der Waals surface area contributed by atoms with Crippen molar-refractivity contribution >= 4 is 29.7 Å². The summed E-state index contributed by atoms with van der Waals surface area (Å²) >= 11 is 0. The molecule has 4 unspecified atom stereocenters. The molecule has 0 radical (unpaired) electrons. The summed E-state index contributed by atoms with van der Waals surface area (Å²) in [7, 11) is 0. The average Bonchev–Trinajstić information content (AvgIpc) is 2.60. The van der Waals surface area contributed by atoms with Gasteiger partial charge in [-0.1, -0.05) is 13.8 Å². The van der Waals surface area contributed by atoms with Crippen LogP contribution in [0.4, 0.5) is 0 Å². The van der Waals surface area contributed by atoms with E-state index in [0.29, 0.717) is 0 Å². The second-order valence-corrected chi connectivity index (χ2v) is 7.07. The number of hydrogen-bond donors (Lipinski definition) is 7. The number of carbonyl (C=O) groups excluding carboxylic acids is 3. The highest BCUT2D eigenvalue weighted by Crippen LogP contribution is 2.06. The van der Waals surface area contributed by atoms with Gasteiger partial charge >= 0.3 is 11.9 Å². The fourth-order valence-corrected chi connectivity index (χ4v) is 2.25. The van der Waals surface area contributed by atoms with E-state index in [9.17, 15) is 29.1 Å². The van der Waals surface area contributed by atoms with E-state index in [-0.39, 0.29) is 18.8 Å². The lowest BCUT2D eigenvalue weighted by Gasteiger charge is -2.23. The lowest BCUT2D eigenvalue weighted by atomic mass is 10.0. The zero-order valence-electron chi connectivity index (χ0n) is 16.7. The third kappa shape index (κ3) is 11.0. The van der Waals surface area contributed by atoms with Gasteiger partial charge in [-0.05, 0) is 25.7 Å². The number of carboxylic acids is 2. The van der Waals surface area contributed by atoms with Crippen LogP contribution in [0.15, 0.2) is 0 Å². The number of aliphatic carboxylic acids is 2. The highest BCUT2D eigenvalue weighted by atomic mass is 16.4. The minimum atomic E-state index is -1.41. The number of aliphatic hydroxyl groups is 1. The van der Waals surface area contributed by atoms with E-state index in [0.717, 1.165) is 0 Å². The summed E-state index contributed by atoms with van der Waals surface area (Å²) in [6.45, 7) is 4.39. The summed E-state index contributed by atoms with van der Waals surface area (Å²) in [5.74, 6) is -4.84. The second kappa shape index (κ2) is 12.7. The SMILES string of the molecule is CC(C)CC(NC(=O)C(N)C(C)O)C(=O)NCC(=O)NC(CCC(=O)O)C(=O)O. The zero-order chi connectivity index (χ0) is 22.7. The van der Waals surface area contributed by atoms with Crippen LogP contribution in [0.1, 0.15) is 40.0 Å². The Morgan fingerprint density at radius 3 is 1.97 bits per heavy atom. The second-order valence-electron chi connectivity index (χ2n) is 7.07. The monoisotopic (exact) mass is 418 g/mol. The van der Waals surface area contributed by atoms with Crippen LogP contribution in [-0.4, -0.2) is 75.8 Å². The molecule has 0 saturated heterocycles. The molecule has 12 heteroatoms.